The first-order valence-corrected chi connectivity index (χ1v) is 7.36. The van der Waals surface area contributed by atoms with Crippen LogP contribution in [0.15, 0.2) is 12.7 Å². The van der Waals surface area contributed by atoms with Gasteiger partial charge in [-0.25, -0.2) is 0 Å². The molecule has 0 aromatic carbocycles. The second-order valence-corrected chi connectivity index (χ2v) is 6.16. The minimum atomic E-state index is 0.238. The first-order chi connectivity index (χ1) is 9.24. The Morgan fingerprint density at radius 3 is 2.89 bits per heavy atom. The maximum atomic E-state index is 12.1. The van der Waals surface area contributed by atoms with Crippen molar-refractivity contribution in [1.29, 1.82) is 0 Å². The zero-order chi connectivity index (χ0) is 13.4. The van der Waals surface area contributed by atoms with E-state index in [1.807, 2.05) is 11.0 Å². The van der Waals surface area contributed by atoms with Crippen LogP contribution in [0, 0.1) is 11.8 Å². The second-order valence-electron chi connectivity index (χ2n) is 6.16. The Bertz CT molecular complexity index is 396. The molecule has 4 nitrogen and oxygen atoms in total. The van der Waals surface area contributed by atoms with E-state index >= 15 is 0 Å². The molecule has 3 aliphatic heterocycles. The molecule has 0 aliphatic carbocycles. The van der Waals surface area contributed by atoms with Crippen LogP contribution in [0.25, 0.3) is 0 Å². The highest BCUT2D eigenvalue weighted by molar-refractivity contribution is 5.77. The number of amides is 2. The lowest BCUT2D eigenvalue weighted by atomic mass is 9.72. The Kier molecular flexibility index (Phi) is 3.33. The number of rotatable bonds is 3. The summed E-state index contributed by atoms with van der Waals surface area (Å²) in [7, 11) is 0. The van der Waals surface area contributed by atoms with Gasteiger partial charge in [0.1, 0.15) is 0 Å². The highest BCUT2D eigenvalue weighted by atomic mass is 16.2. The van der Waals surface area contributed by atoms with Crippen molar-refractivity contribution in [2.45, 2.75) is 44.2 Å². The van der Waals surface area contributed by atoms with Crippen molar-refractivity contribution in [1.82, 2.24) is 9.80 Å². The maximum absolute atomic E-state index is 12.1. The molecular weight excluding hydrogens is 240 g/mol. The number of piperidine rings is 3. The predicted molar refractivity (Wildman–Crippen MR) is 72.3 cm³/mol. The minimum Gasteiger partial charge on any atom is -0.341 e. The summed E-state index contributed by atoms with van der Waals surface area (Å²) in [5.74, 6) is 1.23. The minimum absolute atomic E-state index is 0.238. The SMILES string of the molecule is C=CC[C@H]1[C@@H]2C[C@H](CN1C=O)[C@H]1CCCC(=O)N1C2. The topological polar surface area (TPSA) is 40.6 Å². The Morgan fingerprint density at radius 2 is 2.16 bits per heavy atom. The number of nitrogens with zero attached hydrogens (tertiary/aromatic N) is 2. The average Bonchev–Trinajstić information content (AvgIpc) is 2.43. The Hall–Kier alpha value is -1.32. The van der Waals surface area contributed by atoms with E-state index in [4.69, 9.17) is 0 Å². The van der Waals surface area contributed by atoms with Crippen molar-refractivity contribution < 1.29 is 9.59 Å². The first-order valence-electron chi connectivity index (χ1n) is 7.36. The van der Waals surface area contributed by atoms with E-state index in [9.17, 15) is 9.59 Å². The monoisotopic (exact) mass is 262 g/mol. The van der Waals surface area contributed by atoms with Crippen LogP contribution in [0.5, 0.6) is 0 Å². The van der Waals surface area contributed by atoms with Crippen LogP contribution in [0.4, 0.5) is 0 Å². The van der Waals surface area contributed by atoms with Gasteiger partial charge in [0.15, 0.2) is 0 Å². The molecule has 0 aromatic heterocycles. The zero-order valence-electron chi connectivity index (χ0n) is 11.3. The lowest BCUT2D eigenvalue weighted by Gasteiger charge is -2.54. The van der Waals surface area contributed by atoms with Gasteiger partial charge in [-0.15, -0.1) is 6.58 Å². The molecule has 0 radical (unpaired) electrons. The summed E-state index contributed by atoms with van der Waals surface area (Å²) in [6.45, 7) is 5.45. The summed E-state index contributed by atoms with van der Waals surface area (Å²) >= 11 is 0. The van der Waals surface area contributed by atoms with Crippen molar-refractivity contribution in [2.24, 2.45) is 11.8 Å². The van der Waals surface area contributed by atoms with Crippen LogP contribution in [-0.2, 0) is 9.59 Å². The summed E-state index contributed by atoms with van der Waals surface area (Å²) in [4.78, 5) is 27.5. The van der Waals surface area contributed by atoms with Crippen LogP contribution >= 0.6 is 0 Å². The molecule has 0 saturated carbocycles. The number of carbonyl (C=O) groups is 2. The molecule has 0 unspecified atom stereocenters. The second kappa shape index (κ2) is 4.99. The van der Waals surface area contributed by atoms with Gasteiger partial charge in [0.05, 0.1) is 0 Å². The molecular formula is C15H22N2O2. The molecule has 0 aromatic rings. The van der Waals surface area contributed by atoms with Gasteiger partial charge in [0, 0.05) is 31.6 Å². The fourth-order valence-corrected chi connectivity index (χ4v) is 4.32. The highest BCUT2D eigenvalue weighted by Gasteiger charge is 2.47. The molecule has 4 heteroatoms. The van der Waals surface area contributed by atoms with E-state index in [2.05, 4.69) is 11.5 Å². The molecule has 3 fully saturated rings. The Morgan fingerprint density at radius 1 is 1.32 bits per heavy atom. The smallest absolute Gasteiger partial charge is 0.222 e. The molecule has 3 rings (SSSR count). The first kappa shape index (κ1) is 12.7. The van der Waals surface area contributed by atoms with Gasteiger partial charge >= 0.3 is 0 Å². The fourth-order valence-electron chi connectivity index (χ4n) is 4.32. The van der Waals surface area contributed by atoms with Gasteiger partial charge in [-0.05, 0) is 37.5 Å². The van der Waals surface area contributed by atoms with Crippen molar-refractivity contribution in [2.75, 3.05) is 13.1 Å². The summed E-state index contributed by atoms with van der Waals surface area (Å²) in [6.07, 6.45) is 7.72. The van der Waals surface area contributed by atoms with Crippen molar-refractivity contribution in [3.63, 3.8) is 0 Å². The van der Waals surface area contributed by atoms with Crippen LogP contribution < -0.4 is 0 Å². The number of hydrogen-bond donors (Lipinski definition) is 0. The number of likely N-dealkylation sites (tertiary alicyclic amines) is 1. The largest absolute Gasteiger partial charge is 0.341 e. The Labute approximate surface area is 114 Å². The lowest BCUT2D eigenvalue weighted by Crippen LogP contribution is -2.63. The molecule has 2 amide bonds. The van der Waals surface area contributed by atoms with Gasteiger partial charge in [0.25, 0.3) is 0 Å². The molecule has 3 aliphatic rings. The summed E-state index contributed by atoms with van der Waals surface area (Å²) in [5.41, 5.74) is 0. The van der Waals surface area contributed by atoms with Crippen LogP contribution in [0.3, 0.4) is 0 Å². The Balaban J connectivity index is 1.83. The van der Waals surface area contributed by atoms with E-state index in [0.717, 1.165) is 45.2 Å². The molecule has 19 heavy (non-hydrogen) atoms. The van der Waals surface area contributed by atoms with E-state index < -0.39 is 0 Å². The molecule has 104 valence electrons. The molecule has 2 bridgehead atoms. The molecule has 0 spiro atoms. The lowest BCUT2D eigenvalue weighted by molar-refractivity contribution is -0.149. The third-order valence-electron chi connectivity index (χ3n) is 5.15. The van der Waals surface area contributed by atoms with Crippen molar-refractivity contribution in [3.8, 4) is 0 Å². The van der Waals surface area contributed by atoms with Crippen molar-refractivity contribution in [3.05, 3.63) is 12.7 Å². The van der Waals surface area contributed by atoms with E-state index in [1.165, 1.54) is 0 Å². The van der Waals surface area contributed by atoms with E-state index in [0.29, 0.717) is 30.2 Å². The summed E-state index contributed by atoms with van der Waals surface area (Å²) < 4.78 is 0. The van der Waals surface area contributed by atoms with E-state index in [-0.39, 0.29) is 6.04 Å². The maximum Gasteiger partial charge on any atom is 0.222 e. The van der Waals surface area contributed by atoms with Crippen LogP contribution in [0.1, 0.15) is 32.1 Å². The average molecular weight is 262 g/mol. The van der Waals surface area contributed by atoms with Gasteiger partial charge in [-0.1, -0.05) is 6.08 Å². The quantitative estimate of drug-likeness (QED) is 0.570. The van der Waals surface area contributed by atoms with Gasteiger partial charge in [-0.2, -0.15) is 0 Å². The third-order valence-corrected chi connectivity index (χ3v) is 5.15. The van der Waals surface area contributed by atoms with Gasteiger partial charge in [-0.3, -0.25) is 9.59 Å². The molecule has 3 saturated heterocycles. The molecule has 0 N–H and O–H groups in total. The number of fused-ring (bicyclic) bond motifs is 4. The zero-order valence-corrected chi connectivity index (χ0v) is 11.3. The fraction of sp³-hybridized carbons (Fsp3) is 0.733. The molecule has 4 atom stereocenters. The third kappa shape index (κ3) is 2.07. The van der Waals surface area contributed by atoms with Crippen LogP contribution in [-0.4, -0.2) is 47.3 Å². The predicted octanol–water partition coefficient (Wildman–Crippen LogP) is 1.42. The normalized spacial score (nSPS) is 37.8. The van der Waals surface area contributed by atoms with E-state index in [1.54, 1.807) is 0 Å². The number of carbonyl (C=O) groups excluding carboxylic acids is 2. The summed E-state index contributed by atoms with van der Waals surface area (Å²) in [5, 5.41) is 0. The number of hydrogen-bond acceptors (Lipinski definition) is 2. The highest BCUT2D eigenvalue weighted by Crippen LogP contribution is 2.40. The van der Waals surface area contributed by atoms with Crippen LogP contribution in [0.2, 0.25) is 0 Å². The molecule has 3 heterocycles. The van der Waals surface area contributed by atoms with Crippen molar-refractivity contribution >= 4 is 12.3 Å². The standard InChI is InChI=1S/C15H22N2O2/c1-2-4-13-12-7-11(8-16(13)10-18)14-5-3-6-15(19)17(14)9-12/h2,10-14H,1,3-9H2/t11-,12-,13+,14-/m1/s1. The van der Waals surface area contributed by atoms with Gasteiger partial charge in [0.2, 0.25) is 12.3 Å². The van der Waals surface area contributed by atoms with Gasteiger partial charge < -0.3 is 9.80 Å². The summed E-state index contributed by atoms with van der Waals surface area (Å²) in [6, 6.07) is 0.617.